The van der Waals surface area contributed by atoms with Gasteiger partial charge in [-0.2, -0.15) is 0 Å². The van der Waals surface area contributed by atoms with Crippen LogP contribution >= 0.6 is 0 Å². The summed E-state index contributed by atoms with van der Waals surface area (Å²) in [7, 11) is -0.400. The Bertz CT molecular complexity index is 1110. The van der Waals surface area contributed by atoms with Crippen LogP contribution in [-0.2, 0) is 15.9 Å². The molecule has 3 aromatic carbocycles. The normalized spacial score (nSPS) is 17.3. The molecule has 174 valence electrons. The van der Waals surface area contributed by atoms with E-state index in [2.05, 4.69) is 115 Å². The number of benzene rings is 3. The molecule has 4 heteroatoms. The van der Waals surface area contributed by atoms with Gasteiger partial charge in [-0.15, -0.1) is 0 Å². The molecule has 0 radical (unpaired) electrons. The van der Waals surface area contributed by atoms with Crippen LogP contribution in [0.5, 0.6) is 0 Å². The SMILES string of the molecule is CC(C)c1cccc(C(C)C)c1NCc1ccc2ccccc2c1B1OC(C)(C)C(C)(C)O1. The predicted molar refractivity (Wildman–Crippen MR) is 142 cm³/mol. The Morgan fingerprint density at radius 3 is 1.91 bits per heavy atom. The summed E-state index contributed by atoms with van der Waals surface area (Å²) in [6, 6.07) is 19.6. The third-order valence-electron chi connectivity index (χ3n) is 7.38. The van der Waals surface area contributed by atoms with Crippen LogP contribution in [0.15, 0.2) is 54.6 Å². The zero-order valence-corrected chi connectivity index (χ0v) is 21.5. The van der Waals surface area contributed by atoms with Gasteiger partial charge in [-0.3, -0.25) is 0 Å². The molecular weight excluding hydrogens is 405 g/mol. The summed E-state index contributed by atoms with van der Waals surface area (Å²) in [5.41, 5.74) is 5.56. The molecule has 1 aliphatic rings. The Morgan fingerprint density at radius 1 is 0.758 bits per heavy atom. The number of fused-ring (bicyclic) bond motifs is 1. The molecule has 1 heterocycles. The van der Waals surface area contributed by atoms with Crippen LogP contribution in [-0.4, -0.2) is 18.3 Å². The van der Waals surface area contributed by atoms with Crippen molar-refractivity contribution in [2.45, 2.75) is 85.0 Å². The molecule has 1 aliphatic heterocycles. The molecule has 3 aromatic rings. The van der Waals surface area contributed by atoms with Crippen molar-refractivity contribution in [3.05, 3.63) is 71.3 Å². The molecule has 3 nitrogen and oxygen atoms in total. The molecule has 0 atom stereocenters. The molecule has 0 aromatic heterocycles. The van der Waals surface area contributed by atoms with Gasteiger partial charge in [0, 0.05) is 12.2 Å². The number of hydrogen-bond donors (Lipinski definition) is 1. The summed E-state index contributed by atoms with van der Waals surface area (Å²) < 4.78 is 13.0. The van der Waals surface area contributed by atoms with Crippen molar-refractivity contribution >= 4 is 29.0 Å². The quantitative estimate of drug-likeness (QED) is 0.416. The third-order valence-corrected chi connectivity index (χ3v) is 7.38. The van der Waals surface area contributed by atoms with Crippen molar-refractivity contribution in [2.24, 2.45) is 0 Å². The molecule has 33 heavy (non-hydrogen) atoms. The fraction of sp³-hybridized carbons (Fsp3) is 0.448. The molecule has 1 saturated heterocycles. The summed E-state index contributed by atoms with van der Waals surface area (Å²) >= 11 is 0. The minimum absolute atomic E-state index is 0.381. The number of para-hydroxylation sites is 1. The fourth-order valence-electron chi connectivity index (χ4n) is 4.67. The van der Waals surface area contributed by atoms with Crippen LogP contribution in [0.3, 0.4) is 0 Å². The van der Waals surface area contributed by atoms with E-state index in [0.717, 1.165) is 5.46 Å². The molecule has 0 unspecified atom stereocenters. The lowest BCUT2D eigenvalue weighted by Crippen LogP contribution is -2.41. The van der Waals surface area contributed by atoms with Gasteiger partial charge in [0.15, 0.2) is 0 Å². The van der Waals surface area contributed by atoms with Crippen LogP contribution in [0.4, 0.5) is 5.69 Å². The van der Waals surface area contributed by atoms with E-state index in [1.807, 2.05) is 0 Å². The highest BCUT2D eigenvalue weighted by Gasteiger charge is 2.52. The van der Waals surface area contributed by atoms with E-state index >= 15 is 0 Å². The minimum Gasteiger partial charge on any atom is -0.399 e. The molecule has 0 amide bonds. The number of nitrogens with one attached hydrogen (secondary N) is 1. The van der Waals surface area contributed by atoms with Gasteiger partial charge < -0.3 is 14.6 Å². The van der Waals surface area contributed by atoms with E-state index in [1.54, 1.807) is 0 Å². The van der Waals surface area contributed by atoms with Gasteiger partial charge in [-0.25, -0.2) is 0 Å². The van der Waals surface area contributed by atoms with Gasteiger partial charge in [-0.1, -0.05) is 82.3 Å². The highest BCUT2D eigenvalue weighted by atomic mass is 16.7. The first-order valence-electron chi connectivity index (χ1n) is 12.2. The first-order chi connectivity index (χ1) is 15.5. The second-order valence-corrected chi connectivity index (χ2v) is 10.9. The highest BCUT2D eigenvalue weighted by Crippen LogP contribution is 2.38. The first kappa shape index (κ1) is 23.8. The molecule has 0 saturated carbocycles. The van der Waals surface area contributed by atoms with Gasteiger partial charge in [-0.05, 0) is 72.5 Å². The summed E-state index contributed by atoms with van der Waals surface area (Å²) in [5.74, 6) is 0.899. The molecular formula is C29H38BNO2. The van der Waals surface area contributed by atoms with Crippen LogP contribution < -0.4 is 10.8 Å². The molecule has 0 spiro atoms. The second kappa shape index (κ2) is 8.81. The zero-order valence-electron chi connectivity index (χ0n) is 21.5. The molecule has 1 N–H and O–H groups in total. The second-order valence-electron chi connectivity index (χ2n) is 10.9. The average Bonchev–Trinajstić information content (AvgIpc) is 2.97. The summed E-state index contributed by atoms with van der Waals surface area (Å²) in [6.45, 7) is 18.2. The number of anilines is 1. The lowest BCUT2D eigenvalue weighted by molar-refractivity contribution is 0.00578. The Morgan fingerprint density at radius 2 is 1.33 bits per heavy atom. The van der Waals surface area contributed by atoms with E-state index in [-0.39, 0.29) is 11.2 Å². The Labute approximate surface area is 200 Å². The molecule has 0 bridgehead atoms. The largest absolute Gasteiger partial charge is 0.495 e. The van der Waals surface area contributed by atoms with Gasteiger partial charge in [0.2, 0.25) is 0 Å². The van der Waals surface area contributed by atoms with Gasteiger partial charge in [0.05, 0.1) is 11.2 Å². The Balaban J connectivity index is 1.77. The van der Waals surface area contributed by atoms with Crippen molar-refractivity contribution < 1.29 is 9.31 Å². The number of hydrogen-bond acceptors (Lipinski definition) is 3. The minimum atomic E-state index is -0.400. The van der Waals surface area contributed by atoms with E-state index in [9.17, 15) is 0 Å². The van der Waals surface area contributed by atoms with Crippen molar-refractivity contribution in [1.29, 1.82) is 0 Å². The Kier molecular flexibility index (Phi) is 6.37. The molecule has 4 rings (SSSR count). The monoisotopic (exact) mass is 443 g/mol. The van der Waals surface area contributed by atoms with E-state index < -0.39 is 7.12 Å². The van der Waals surface area contributed by atoms with Crippen LogP contribution in [0.25, 0.3) is 10.8 Å². The fourth-order valence-corrected chi connectivity index (χ4v) is 4.67. The first-order valence-corrected chi connectivity index (χ1v) is 12.2. The topological polar surface area (TPSA) is 30.5 Å². The maximum atomic E-state index is 6.52. The lowest BCUT2D eigenvalue weighted by Gasteiger charge is -2.32. The summed E-state index contributed by atoms with van der Waals surface area (Å²) in [6.07, 6.45) is 0. The molecule has 1 fully saturated rings. The van der Waals surface area contributed by atoms with Crippen molar-refractivity contribution in [2.75, 3.05) is 5.32 Å². The lowest BCUT2D eigenvalue weighted by atomic mass is 9.73. The van der Waals surface area contributed by atoms with Crippen LogP contribution in [0.1, 0.15) is 83.9 Å². The Hall–Kier alpha value is -2.30. The summed E-state index contributed by atoms with van der Waals surface area (Å²) in [4.78, 5) is 0. The van der Waals surface area contributed by atoms with E-state index in [0.29, 0.717) is 18.4 Å². The predicted octanol–water partition coefficient (Wildman–Crippen LogP) is 7.00. The van der Waals surface area contributed by atoms with Crippen LogP contribution in [0, 0.1) is 0 Å². The number of rotatable bonds is 6. The zero-order chi connectivity index (χ0) is 24.0. The van der Waals surface area contributed by atoms with E-state index in [1.165, 1.54) is 33.2 Å². The van der Waals surface area contributed by atoms with Gasteiger partial charge in [0.1, 0.15) is 0 Å². The van der Waals surface area contributed by atoms with Crippen molar-refractivity contribution in [1.82, 2.24) is 0 Å². The van der Waals surface area contributed by atoms with Crippen molar-refractivity contribution in [3.63, 3.8) is 0 Å². The average molecular weight is 443 g/mol. The summed E-state index contributed by atoms with van der Waals surface area (Å²) in [5, 5.41) is 6.22. The maximum Gasteiger partial charge on any atom is 0.495 e. The third kappa shape index (κ3) is 4.43. The van der Waals surface area contributed by atoms with Gasteiger partial charge >= 0.3 is 7.12 Å². The molecule has 0 aliphatic carbocycles. The highest BCUT2D eigenvalue weighted by molar-refractivity contribution is 6.65. The maximum absolute atomic E-state index is 6.52. The smallest absolute Gasteiger partial charge is 0.399 e. The van der Waals surface area contributed by atoms with Crippen LogP contribution in [0.2, 0.25) is 0 Å². The van der Waals surface area contributed by atoms with E-state index in [4.69, 9.17) is 9.31 Å². The standard InChI is InChI=1S/C29H38BNO2/c1-19(2)23-14-11-15-24(20(3)4)27(23)31-18-22-17-16-21-12-9-10-13-25(21)26(22)30-32-28(5,6)29(7,8)33-30/h9-17,19-20,31H,18H2,1-8H3. The van der Waals surface area contributed by atoms with Crippen molar-refractivity contribution in [3.8, 4) is 0 Å². The van der Waals surface area contributed by atoms with Gasteiger partial charge in [0.25, 0.3) is 0 Å².